The third-order valence-electron chi connectivity index (χ3n) is 9.34. The molecule has 0 bridgehead atoms. The maximum Gasteiger partial charge on any atom is 0.254 e. The van der Waals surface area contributed by atoms with E-state index in [9.17, 15) is 4.79 Å². The van der Waals surface area contributed by atoms with Crippen molar-refractivity contribution in [1.82, 2.24) is 9.80 Å². The number of carbonyl (C=O) groups is 1. The van der Waals surface area contributed by atoms with E-state index in [1.807, 2.05) is 18.3 Å². The van der Waals surface area contributed by atoms with Gasteiger partial charge in [0.2, 0.25) is 0 Å². The van der Waals surface area contributed by atoms with Gasteiger partial charge in [-0.15, -0.1) is 0 Å². The molecule has 1 atom stereocenters. The fourth-order valence-electron chi connectivity index (χ4n) is 6.67. The van der Waals surface area contributed by atoms with E-state index in [4.69, 9.17) is 15.5 Å². The quantitative estimate of drug-likeness (QED) is 0.453. The number of nitrogens with one attached hydrogen (secondary N) is 1. The average Bonchev–Trinajstić information content (AvgIpc) is 2.96. The third-order valence-corrected chi connectivity index (χ3v) is 9.34. The van der Waals surface area contributed by atoms with Crippen molar-refractivity contribution < 1.29 is 9.53 Å². The molecule has 7 heteroatoms. The van der Waals surface area contributed by atoms with Crippen molar-refractivity contribution in [1.29, 1.82) is 0 Å². The maximum absolute atomic E-state index is 13.8. The van der Waals surface area contributed by atoms with Gasteiger partial charge in [-0.25, -0.2) is 0 Å². The number of allylic oxidation sites excluding steroid dienone is 1. The monoisotopic (exact) mass is 541 g/mol. The summed E-state index contributed by atoms with van der Waals surface area (Å²) in [4.78, 5) is 23.2. The summed E-state index contributed by atoms with van der Waals surface area (Å²) in [6, 6.07) is 15.3. The molecular weight excluding hydrogens is 498 g/mol. The van der Waals surface area contributed by atoms with Gasteiger partial charge in [0.1, 0.15) is 0 Å². The van der Waals surface area contributed by atoms with Crippen LogP contribution in [0.3, 0.4) is 0 Å². The summed E-state index contributed by atoms with van der Waals surface area (Å²) >= 11 is 0. The third kappa shape index (κ3) is 6.26. The molecule has 3 N–H and O–H groups in total. The number of nitrogens with two attached hydrogens (primary N) is 1. The molecule has 0 aromatic heterocycles. The zero-order valence-corrected chi connectivity index (χ0v) is 23.6. The van der Waals surface area contributed by atoms with E-state index in [-0.39, 0.29) is 11.9 Å². The standard InChI is InChI=1S/C33H43N5O2/c34-19-31(20-35-29-12-16-40-17-13-29)36-30-9-8-26-11-15-38(33(39)32(26)18-30)23-28(24-6-3-7-24)22-37-14-10-25-4-1-2-5-27(25)21-37/h1-2,4-5,8-9,18-20,24,28-29,36H,3,6-7,10-17,21-23,34H2. The van der Waals surface area contributed by atoms with Crippen LogP contribution in [-0.4, -0.2) is 67.4 Å². The average molecular weight is 542 g/mol. The molecule has 1 saturated carbocycles. The number of anilines is 1. The highest BCUT2D eigenvalue weighted by Crippen LogP contribution is 2.36. The topological polar surface area (TPSA) is 83.2 Å². The van der Waals surface area contributed by atoms with Crippen LogP contribution in [0.2, 0.25) is 0 Å². The van der Waals surface area contributed by atoms with Crippen molar-refractivity contribution in [2.45, 2.75) is 57.5 Å². The molecule has 1 saturated heterocycles. The van der Waals surface area contributed by atoms with E-state index in [1.165, 1.54) is 30.4 Å². The van der Waals surface area contributed by atoms with Crippen molar-refractivity contribution in [2.24, 2.45) is 22.6 Å². The second-order valence-corrected chi connectivity index (χ2v) is 11.9. The Balaban J connectivity index is 1.11. The van der Waals surface area contributed by atoms with E-state index in [0.717, 1.165) is 100 Å². The zero-order chi connectivity index (χ0) is 27.3. The minimum atomic E-state index is 0.160. The van der Waals surface area contributed by atoms with Crippen molar-refractivity contribution in [2.75, 3.05) is 44.7 Å². The number of fused-ring (bicyclic) bond motifs is 2. The number of carbonyl (C=O) groups excluding carboxylic acids is 1. The van der Waals surface area contributed by atoms with Crippen LogP contribution in [0.25, 0.3) is 0 Å². The van der Waals surface area contributed by atoms with Gasteiger partial charge in [0.25, 0.3) is 5.91 Å². The largest absolute Gasteiger partial charge is 0.403 e. The summed E-state index contributed by atoms with van der Waals surface area (Å²) in [5.74, 6) is 1.41. The molecule has 6 rings (SSSR count). The molecular formula is C33H43N5O2. The summed E-state index contributed by atoms with van der Waals surface area (Å²) in [6.45, 7) is 6.39. The van der Waals surface area contributed by atoms with Crippen LogP contribution in [0, 0.1) is 11.8 Å². The number of ether oxygens (including phenoxy) is 1. The molecule has 2 fully saturated rings. The van der Waals surface area contributed by atoms with E-state index in [2.05, 4.69) is 45.4 Å². The van der Waals surface area contributed by atoms with E-state index >= 15 is 0 Å². The summed E-state index contributed by atoms with van der Waals surface area (Å²) in [5.41, 5.74) is 12.4. The summed E-state index contributed by atoms with van der Waals surface area (Å²) < 4.78 is 5.43. The second-order valence-electron chi connectivity index (χ2n) is 11.9. The lowest BCUT2D eigenvalue weighted by Crippen LogP contribution is -2.47. The predicted octanol–water partition coefficient (Wildman–Crippen LogP) is 4.62. The molecule has 3 heterocycles. The molecule has 0 radical (unpaired) electrons. The highest BCUT2D eigenvalue weighted by atomic mass is 16.5. The SMILES string of the molecule is NC=C(C=NC1CCOCC1)Nc1ccc2c(c1)C(=O)N(CC(CN1CCc3ccccc3C1)C1CCC1)CC2. The van der Waals surface area contributed by atoms with E-state index < -0.39 is 0 Å². The Hall–Kier alpha value is -3.16. The first-order valence-corrected chi connectivity index (χ1v) is 15.2. The molecule has 3 aliphatic heterocycles. The molecule has 1 amide bonds. The molecule has 2 aromatic rings. The van der Waals surface area contributed by atoms with E-state index in [1.54, 1.807) is 6.20 Å². The number of amides is 1. The molecule has 7 nitrogen and oxygen atoms in total. The van der Waals surface area contributed by atoms with Crippen LogP contribution in [0.5, 0.6) is 0 Å². The first-order valence-electron chi connectivity index (χ1n) is 15.2. The Kier molecular flexibility index (Phi) is 8.49. The lowest BCUT2D eigenvalue weighted by molar-refractivity contribution is 0.0584. The van der Waals surface area contributed by atoms with Gasteiger partial charge in [0.05, 0.1) is 11.7 Å². The van der Waals surface area contributed by atoms with Gasteiger partial charge in [0, 0.05) is 69.6 Å². The number of aliphatic imine (C=N–C) groups is 1. The van der Waals surface area contributed by atoms with Crippen LogP contribution in [-0.2, 0) is 24.1 Å². The zero-order valence-electron chi connectivity index (χ0n) is 23.6. The number of nitrogens with zero attached hydrogens (tertiary/aromatic N) is 3. The van der Waals surface area contributed by atoms with Crippen molar-refractivity contribution in [3.63, 3.8) is 0 Å². The van der Waals surface area contributed by atoms with Crippen LogP contribution in [0.1, 0.15) is 59.2 Å². The molecule has 1 aliphatic carbocycles. The first kappa shape index (κ1) is 27.0. The summed E-state index contributed by atoms with van der Waals surface area (Å²) in [5, 5.41) is 3.37. The van der Waals surface area contributed by atoms with Crippen molar-refractivity contribution in [3.05, 3.63) is 76.6 Å². The molecule has 212 valence electrons. The van der Waals surface area contributed by atoms with Gasteiger partial charge < -0.3 is 20.7 Å². The maximum atomic E-state index is 13.8. The Morgan fingerprint density at radius 1 is 1.02 bits per heavy atom. The number of rotatable bonds is 9. The van der Waals surface area contributed by atoms with Gasteiger partial charge in [0.15, 0.2) is 0 Å². The molecule has 4 aliphatic rings. The van der Waals surface area contributed by atoms with E-state index in [0.29, 0.717) is 5.92 Å². The number of hydrogen-bond acceptors (Lipinski definition) is 6. The number of benzene rings is 2. The Morgan fingerprint density at radius 2 is 1.82 bits per heavy atom. The Bertz CT molecular complexity index is 1250. The molecule has 1 unspecified atom stereocenters. The van der Waals surface area contributed by atoms with Gasteiger partial charge in [-0.2, -0.15) is 0 Å². The molecule has 0 spiro atoms. The van der Waals surface area contributed by atoms with Gasteiger partial charge >= 0.3 is 0 Å². The van der Waals surface area contributed by atoms with Gasteiger partial charge in [-0.05, 0) is 66.3 Å². The fourth-order valence-corrected chi connectivity index (χ4v) is 6.67. The van der Waals surface area contributed by atoms with Crippen LogP contribution < -0.4 is 11.1 Å². The van der Waals surface area contributed by atoms with Crippen LogP contribution in [0.4, 0.5) is 5.69 Å². The fraction of sp³-hybridized carbons (Fsp3) is 0.515. The minimum absolute atomic E-state index is 0.160. The molecule has 40 heavy (non-hydrogen) atoms. The van der Waals surface area contributed by atoms with Crippen molar-refractivity contribution in [3.8, 4) is 0 Å². The second kappa shape index (κ2) is 12.6. The minimum Gasteiger partial charge on any atom is -0.403 e. The molecule has 2 aromatic carbocycles. The highest BCUT2D eigenvalue weighted by Gasteiger charge is 2.34. The van der Waals surface area contributed by atoms with Gasteiger partial charge in [-0.1, -0.05) is 49.6 Å². The smallest absolute Gasteiger partial charge is 0.254 e. The van der Waals surface area contributed by atoms with Gasteiger partial charge in [-0.3, -0.25) is 14.7 Å². The van der Waals surface area contributed by atoms with Crippen LogP contribution >= 0.6 is 0 Å². The summed E-state index contributed by atoms with van der Waals surface area (Å²) in [7, 11) is 0. The van der Waals surface area contributed by atoms with Crippen LogP contribution in [0.15, 0.2) is 59.4 Å². The lowest BCUT2D eigenvalue weighted by atomic mass is 9.75. The predicted molar refractivity (Wildman–Crippen MR) is 161 cm³/mol. The summed E-state index contributed by atoms with van der Waals surface area (Å²) in [6.07, 6.45) is 11.2. The Morgan fingerprint density at radius 3 is 2.60 bits per heavy atom. The lowest BCUT2D eigenvalue weighted by Gasteiger charge is -2.41. The Labute approximate surface area is 238 Å². The van der Waals surface area contributed by atoms with Crippen molar-refractivity contribution >= 4 is 17.8 Å². The normalized spacial score (nSPS) is 21.6. The number of hydrogen-bond donors (Lipinski definition) is 2. The first-order chi connectivity index (χ1) is 19.7. The highest BCUT2D eigenvalue weighted by molar-refractivity contribution is 5.98.